The second-order valence-electron chi connectivity index (χ2n) is 6.34. The van der Waals surface area contributed by atoms with Crippen molar-refractivity contribution < 1.29 is 27.3 Å². The number of piperidine rings is 1. The Balaban J connectivity index is 1.69. The molecular formula is C16H16F3N5O4. The average Bonchev–Trinajstić information content (AvgIpc) is 3.05. The number of anilines is 2. The maximum atomic E-state index is 12.8. The Morgan fingerprint density at radius 3 is 2.54 bits per heavy atom. The summed E-state index contributed by atoms with van der Waals surface area (Å²) in [4.78, 5) is 24.3. The number of nitrogens with zero attached hydrogens (tertiary/aromatic N) is 4. The van der Waals surface area contributed by atoms with Crippen LogP contribution in [0.2, 0.25) is 0 Å². The van der Waals surface area contributed by atoms with Crippen molar-refractivity contribution in [1.82, 2.24) is 10.2 Å². The van der Waals surface area contributed by atoms with Gasteiger partial charge in [-0.1, -0.05) is 5.10 Å². The van der Waals surface area contributed by atoms with Crippen LogP contribution >= 0.6 is 0 Å². The third-order valence-corrected chi connectivity index (χ3v) is 4.46. The van der Waals surface area contributed by atoms with Crippen molar-refractivity contribution in [1.29, 1.82) is 0 Å². The Bertz CT molecular complexity index is 891. The molecule has 0 aliphatic carbocycles. The number of carbonyl (C=O) groups is 1. The molecule has 0 unspecified atom stereocenters. The van der Waals surface area contributed by atoms with E-state index in [4.69, 9.17) is 4.42 Å². The second-order valence-corrected chi connectivity index (χ2v) is 6.34. The van der Waals surface area contributed by atoms with Crippen LogP contribution in [0.1, 0.15) is 24.3 Å². The molecule has 9 nitrogen and oxygen atoms in total. The summed E-state index contributed by atoms with van der Waals surface area (Å²) in [7, 11) is 0. The third kappa shape index (κ3) is 4.21. The van der Waals surface area contributed by atoms with Crippen molar-refractivity contribution in [2.24, 2.45) is 5.92 Å². The minimum absolute atomic E-state index is 0.0108. The van der Waals surface area contributed by atoms with Gasteiger partial charge in [-0.2, -0.15) is 13.2 Å². The van der Waals surface area contributed by atoms with E-state index in [9.17, 15) is 28.1 Å². The molecule has 0 atom stereocenters. The van der Waals surface area contributed by atoms with Gasteiger partial charge in [0.05, 0.1) is 10.5 Å². The van der Waals surface area contributed by atoms with Gasteiger partial charge >= 0.3 is 12.2 Å². The van der Waals surface area contributed by atoms with E-state index in [0.717, 1.165) is 12.1 Å². The van der Waals surface area contributed by atoms with Crippen LogP contribution in [0.15, 0.2) is 22.6 Å². The molecule has 0 bridgehead atoms. The van der Waals surface area contributed by atoms with Crippen LogP contribution in [0.3, 0.4) is 0 Å². The number of hydrogen-bond donors (Lipinski definition) is 1. The lowest BCUT2D eigenvalue weighted by Gasteiger charge is -2.32. The molecule has 1 amide bonds. The second kappa shape index (κ2) is 7.44. The van der Waals surface area contributed by atoms with Gasteiger partial charge in [-0.05, 0) is 25.0 Å². The van der Waals surface area contributed by atoms with E-state index in [1.54, 1.807) is 11.8 Å². The van der Waals surface area contributed by atoms with Gasteiger partial charge in [-0.15, -0.1) is 5.10 Å². The maximum absolute atomic E-state index is 12.8. The first-order valence-corrected chi connectivity index (χ1v) is 8.36. The van der Waals surface area contributed by atoms with Crippen LogP contribution in [0.4, 0.5) is 30.6 Å². The van der Waals surface area contributed by atoms with Gasteiger partial charge in [0.15, 0.2) is 0 Å². The standard InChI is InChI=1S/C16H16F3N5O4/c1-9-21-22-15(28-9)20-14(25)10-4-6-23(7-5-10)12-3-2-11(16(17,18)19)8-13(12)24(26)27/h2-3,8,10H,4-7H2,1H3,(H,20,22,25). The predicted octanol–water partition coefficient (Wildman–Crippen LogP) is 3.16. The van der Waals surface area contributed by atoms with Crippen molar-refractivity contribution in [3.8, 4) is 0 Å². The van der Waals surface area contributed by atoms with E-state index in [2.05, 4.69) is 15.5 Å². The van der Waals surface area contributed by atoms with Gasteiger partial charge in [0.2, 0.25) is 11.8 Å². The summed E-state index contributed by atoms with van der Waals surface area (Å²) in [6.45, 7) is 2.15. The lowest BCUT2D eigenvalue weighted by Crippen LogP contribution is -2.38. The topological polar surface area (TPSA) is 114 Å². The number of nitro groups is 1. The number of carbonyl (C=O) groups excluding carboxylic acids is 1. The van der Waals surface area contributed by atoms with Crippen molar-refractivity contribution in [3.63, 3.8) is 0 Å². The molecule has 2 heterocycles. The average molecular weight is 399 g/mol. The Morgan fingerprint density at radius 2 is 2.00 bits per heavy atom. The summed E-state index contributed by atoms with van der Waals surface area (Å²) >= 11 is 0. The van der Waals surface area contributed by atoms with E-state index < -0.39 is 22.4 Å². The number of aryl methyl sites for hydroxylation is 1. The smallest absolute Gasteiger partial charge is 0.408 e. The van der Waals surface area contributed by atoms with Crippen LogP contribution in [-0.4, -0.2) is 34.1 Å². The molecule has 1 fully saturated rings. The molecule has 28 heavy (non-hydrogen) atoms. The minimum atomic E-state index is -4.67. The fourth-order valence-electron chi connectivity index (χ4n) is 3.05. The van der Waals surface area contributed by atoms with Crippen molar-refractivity contribution in [2.75, 3.05) is 23.3 Å². The highest BCUT2D eigenvalue weighted by Crippen LogP contribution is 2.37. The van der Waals surface area contributed by atoms with E-state index in [0.29, 0.717) is 24.8 Å². The SMILES string of the molecule is Cc1nnc(NC(=O)C2CCN(c3ccc(C(F)(F)F)cc3[N+](=O)[O-])CC2)o1. The lowest BCUT2D eigenvalue weighted by atomic mass is 9.95. The zero-order chi connectivity index (χ0) is 20.5. The first-order chi connectivity index (χ1) is 13.1. The maximum Gasteiger partial charge on any atom is 0.416 e. The lowest BCUT2D eigenvalue weighted by molar-refractivity contribution is -0.384. The zero-order valence-electron chi connectivity index (χ0n) is 14.7. The number of amides is 1. The van der Waals surface area contributed by atoms with E-state index in [1.807, 2.05) is 0 Å². The number of aromatic nitrogens is 2. The molecule has 0 saturated carbocycles. The van der Waals surface area contributed by atoms with Crippen molar-refractivity contribution in [2.45, 2.75) is 25.9 Å². The first kappa shape index (κ1) is 19.6. The predicted molar refractivity (Wildman–Crippen MR) is 90.7 cm³/mol. The quantitative estimate of drug-likeness (QED) is 0.620. The number of hydrogen-bond acceptors (Lipinski definition) is 7. The Morgan fingerprint density at radius 1 is 1.32 bits per heavy atom. The first-order valence-electron chi connectivity index (χ1n) is 8.36. The van der Waals surface area contributed by atoms with Crippen LogP contribution in [0, 0.1) is 23.0 Å². The molecule has 1 aromatic heterocycles. The Kier molecular flexibility index (Phi) is 5.21. The Labute approximate surface area is 156 Å². The number of benzene rings is 1. The van der Waals surface area contributed by atoms with Crippen LogP contribution in [0.25, 0.3) is 0 Å². The van der Waals surface area contributed by atoms with Gasteiger partial charge in [0.1, 0.15) is 5.69 Å². The van der Waals surface area contributed by atoms with E-state index in [1.165, 1.54) is 0 Å². The molecule has 1 aromatic carbocycles. The fraction of sp³-hybridized carbons (Fsp3) is 0.438. The molecule has 150 valence electrons. The highest BCUT2D eigenvalue weighted by Gasteiger charge is 2.35. The molecule has 1 aliphatic heterocycles. The van der Waals surface area contributed by atoms with Crippen LogP contribution in [0.5, 0.6) is 0 Å². The van der Waals surface area contributed by atoms with Crippen molar-refractivity contribution >= 4 is 23.3 Å². The molecule has 0 radical (unpaired) electrons. The Hall–Kier alpha value is -3.18. The monoisotopic (exact) mass is 399 g/mol. The van der Waals surface area contributed by atoms with Crippen LogP contribution in [-0.2, 0) is 11.0 Å². The molecule has 1 saturated heterocycles. The fourth-order valence-corrected chi connectivity index (χ4v) is 3.05. The third-order valence-electron chi connectivity index (χ3n) is 4.46. The summed E-state index contributed by atoms with van der Waals surface area (Å²) < 4.78 is 43.6. The highest BCUT2D eigenvalue weighted by molar-refractivity contribution is 5.90. The van der Waals surface area contributed by atoms with Gasteiger partial charge in [-0.3, -0.25) is 20.2 Å². The van der Waals surface area contributed by atoms with E-state index in [-0.39, 0.29) is 36.6 Å². The normalized spacial score (nSPS) is 15.5. The number of halogens is 3. The van der Waals surface area contributed by atoms with Gasteiger partial charge in [0, 0.05) is 32.0 Å². The summed E-state index contributed by atoms with van der Waals surface area (Å²) in [5, 5.41) is 21.0. The molecule has 3 rings (SSSR count). The minimum Gasteiger partial charge on any atom is -0.408 e. The summed E-state index contributed by atoms with van der Waals surface area (Å²) in [5.41, 5.74) is -1.59. The molecule has 1 N–H and O–H groups in total. The summed E-state index contributed by atoms with van der Waals surface area (Å²) in [5.74, 6) is -0.387. The summed E-state index contributed by atoms with van der Waals surface area (Å²) in [6, 6.07) is 2.44. The largest absolute Gasteiger partial charge is 0.416 e. The molecular weight excluding hydrogens is 383 g/mol. The van der Waals surface area contributed by atoms with Crippen molar-refractivity contribution in [3.05, 3.63) is 39.8 Å². The van der Waals surface area contributed by atoms with Gasteiger partial charge in [-0.25, -0.2) is 0 Å². The summed E-state index contributed by atoms with van der Waals surface area (Å²) in [6.07, 6.45) is -3.92. The number of nitro benzene ring substituents is 1. The zero-order valence-corrected chi connectivity index (χ0v) is 14.7. The molecule has 1 aliphatic rings. The molecule has 12 heteroatoms. The van der Waals surface area contributed by atoms with E-state index >= 15 is 0 Å². The van der Waals surface area contributed by atoms with Gasteiger partial charge < -0.3 is 9.32 Å². The van der Waals surface area contributed by atoms with Gasteiger partial charge in [0.25, 0.3) is 5.69 Å². The molecule has 0 spiro atoms. The number of rotatable bonds is 4. The number of alkyl halides is 3. The highest BCUT2D eigenvalue weighted by atomic mass is 19.4. The molecule has 2 aromatic rings. The number of nitrogens with one attached hydrogen (secondary N) is 1. The van der Waals surface area contributed by atoms with Crippen LogP contribution < -0.4 is 10.2 Å².